The number of anilines is 1. The molecule has 0 aromatic heterocycles. The van der Waals surface area contributed by atoms with Gasteiger partial charge in [-0.15, -0.1) is 0 Å². The van der Waals surface area contributed by atoms with Gasteiger partial charge in [-0.1, -0.05) is 67.8 Å². The fourth-order valence-corrected chi connectivity index (χ4v) is 6.79. The van der Waals surface area contributed by atoms with Gasteiger partial charge in [0.05, 0.1) is 10.6 Å². The molecule has 0 bridgehead atoms. The van der Waals surface area contributed by atoms with Crippen LogP contribution in [0.3, 0.4) is 0 Å². The third-order valence-corrected chi connectivity index (χ3v) is 9.83. The standard InChI is InChI=1S/C31H36IN3O4S/c1-24(31(37)33-27-13-7-3-8-14-27)34(22-21-25-11-5-2-6-12-25)30(36)23-35(28-19-17-26(32)18-20-28)40(38,39)29-15-9-4-10-16-29/h2,4-6,9-12,15-20,24,27H,3,7-8,13-14,21-23H2,1H3,(H,33,37)/t24-/m1/s1. The molecule has 0 radical (unpaired) electrons. The van der Waals surface area contributed by atoms with Gasteiger partial charge in [0.15, 0.2) is 0 Å². The van der Waals surface area contributed by atoms with Crippen molar-refractivity contribution in [2.45, 2.75) is 62.4 Å². The van der Waals surface area contributed by atoms with E-state index in [0.29, 0.717) is 12.1 Å². The Bertz CT molecular complexity index is 1360. The van der Waals surface area contributed by atoms with E-state index >= 15 is 0 Å². The van der Waals surface area contributed by atoms with E-state index in [2.05, 4.69) is 27.9 Å². The molecular weight excluding hydrogens is 637 g/mol. The predicted octanol–water partition coefficient (Wildman–Crippen LogP) is 5.40. The number of halogens is 1. The van der Waals surface area contributed by atoms with Crippen LogP contribution in [0.1, 0.15) is 44.6 Å². The lowest BCUT2D eigenvalue weighted by atomic mass is 9.95. The van der Waals surface area contributed by atoms with Gasteiger partial charge in [0, 0.05) is 16.2 Å². The normalized spacial score (nSPS) is 14.8. The van der Waals surface area contributed by atoms with Crippen LogP contribution in [0.2, 0.25) is 0 Å². The van der Waals surface area contributed by atoms with Crippen molar-refractivity contribution in [3.8, 4) is 0 Å². The fourth-order valence-electron chi connectivity index (χ4n) is 4.99. The molecule has 0 heterocycles. The minimum atomic E-state index is -4.05. The zero-order valence-electron chi connectivity index (χ0n) is 22.7. The zero-order valence-corrected chi connectivity index (χ0v) is 25.7. The zero-order chi connectivity index (χ0) is 28.5. The quantitative estimate of drug-likeness (QED) is 0.277. The SMILES string of the molecule is C[C@H](C(=O)NC1CCCCC1)N(CCc1ccccc1)C(=O)CN(c1ccc(I)cc1)S(=O)(=O)c1ccccc1. The number of amides is 2. The van der Waals surface area contributed by atoms with E-state index in [-0.39, 0.29) is 23.4 Å². The summed E-state index contributed by atoms with van der Waals surface area (Å²) in [7, 11) is -4.05. The van der Waals surface area contributed by atoms with Gasteiger partial charge < -0.3 is 10.2 Å². The van der Waals surface area contributed by atoms with Crippen molar-refractivity contribution in [1.82, 2.24) is 10.2 Å². The third kappa shape index (κ3) is 7.84. The fraction of sp³-hybridized carbons (Fsp3) is 0.355. The summed E-state index contributed by atoms with van der Waals surface area (Å²) < 4.78 is 29.7. The lowest BCUT2D eigenvalue weighted by molar-refractivity contribution is -0.139. The summed E-state index contributed by atoms with van der Waals surface area (Å²) in [5.74, 6) is -0.639. The van der Waals surface area contributed by atoms with Gasteiger partial charge in [0.2, 0.25) is 11.8 Å². The Hall–Kier alpha value is -2.92. The molecule has 40 heavy (non-hydrogen) atoms. The Kier molecular flexibility index (Phi) is 10.6. The largest absolute Gasteiger partial charge is 0.352 e. The third-order valence-electron chi connectivity index (χ3n) is 7.33. The van der Waals surface area contributed by atoms with Crippen molar-refractivity contribution in [2.75, 3.05) is 17.4 Å². The van der Waals surface area contributed by atoms with Crippen LogP contribution in [0, 0.1) is 3.57 Å². The molecule has 4 rings (SSSR count). The molecule has 0 aliphatic heterocycles. The first-order valence-corrected chi connectivity index (χ1v) is 16.2. The van der Waals surface area contributed by atoms with Crippen molar-refractivity contribution in [2.24, 2.45) is 0 Å². The van der Waals surface area contributed by atoms with Crippen LogP contribution in [0.5, 0.6) is 0 Å². The molecule has 0 spiro atoms. The Morgan fingerprint density at radius 3 is 2.12 bits per heavy atom. The topological polar surface area (TPSA) is 86.8 Å². The van der Waals surface area contributed by atoms with Gasteiger partial charge in [0.1, 0.15) is 12.6 Å². The Balaban J connectivity index is 1.62. The highest BCUT2D eigenvalue weighted by Gasteiger charge is 2.33. The van der Waals surface area contributed by atoms with Crippen molar-refractivity contribution in [3.63, 3.8) is 0 Å². The predicted molar refractivity (Wildman–Crippen MR) is 166 cm³/mol. The summed E-state index contributed by atoms with van der Waals surface area (Å²) in [5.41, 5.74) is 1.42. The molecule has 212 valence electrons. The molecule has 1 aliphatic carbocycles. The van der Waals surface area contributed by atoms with Gasteiger partial charge in [-0.25, -0.2) is 8.42 Å². The van der Waals surface area contributed by atoms with E-state index in [4.69, 9.17) is 0 Å². The molecule has 1 saturated carbocycles. The van der Waals surface area contributed by atoms with Gasteiger partial charge in [0.25, 0.3) is 10.0 Å². The number of benzene rings is 3. The summed E-state index contributed by atoms with van der Waals surface area (Å²) >= 11 is 2.16. The molecule has 1 atom stereocenters. The number of rotatable bonds is 11. The highest BCUT2D eigenvalue weighted by Crippen LogP contribution is 2.25. The second-order valence-electron chi connectivity index (χ2n) is 10.1. The first-order valence-electron chi connectivity index (χ1n) is 13.7. The number of hydrogen-bond donors (Lipinski definition) is 1. The van der Waals surface area contributed by atoms with Crippen LogP contribution >= 0.6 is 22.6 Å². The Morgan fingerprint density at radius 2 is 1.50 bits per heavy atom. The molecule has 3 aromatic carbocycles. The molecule has 9 heteroatoms. The molecule has 3 aromatic rings. The van der Waals surface area contributed by atoms with Crippen LogP contribution in [0.15, 0.2) is 89.8 Å². The lowest BCUT2D eigenvalue weighted by Gasteiger charge is -2.33. The summed E-state index contributed by atoms with van der Waals surface area (Å²) in [6, 6.07) is 24.2. The maximum Gasteiger partial charge on any atom is 0.264 e. The van der Waals surface area contributed by atoms with Crippen LogP contribution < -0.4 is 9.62 Å². The van der Waals surface area contributed by atoms with Crippen LogP contribution in [-0.4, -0.2) is 50.3 Å². The smallest absolute Gasteiger partial charge is 0.264 e. The lowest BCUT2D eigenvalue weighted by Crippen LogP contribution is -2.53. The molecule has 0 unspecified atom stereocenters. The average molecular weight is 674 g/mol. The maximum atomic E-state index is 14.0. The van der Waals surface area contributed by atoms with Crippen molar-refractivity contribution < 1.29 is 18.0 Å². The highest BCUT2D eigenvalue weighted by atomic mass is 127. The molecule has 1 N–H and O–H groups in total. The molecule has 7 nitrogen and oxygen atoms in total. The van der Waals surface area contributed by atoms with Crippen LogP contribution in [0.25, 0.3) is 0 Å². The average Bonchev–Trinajstić information content (AvgIpc) is 2.98. The Labute approximate surface area is 251 Å². The number of sulfonamides is 1. The molecule has 0 saturated heterocycles. The van der Waals surface area contributed by atoms with Crippen molar-refractivity contribution in [3.05, 3.63) is 94.1 Å². The van der Waals surface area contributed by atoms with E-state index < -0.39 is 28.5 Å². The first-order chi connectivity index (χ1) is 19.3. The molecular formula is C31H36IN3O4S. The minimum absolute atomic E-state index is 0.0975. The second kappa shape index (κ2) is 14.1. The van der Waals surface area contributed by atoms with E-state index in [9.17, 15) is 18.0 Å². The molecule has 1 fully saturated rings. The second-order valence-corrected chi connectivity index (χ2v) is 13.3. The van der Waals surface area contributed by atoms with Gasteiger partial charge in [-0.3, -0.25) is 13.9 Å². The first kappa shape index (κ1) is 30.0. The van der Waals surface area contributed by atoms with Gasteiger partial charge >= 0.3 is 0 Å². The molecule has 1 aliphatic rings. The number of carbonyl (C=O) groups is 2. The molecule has 2 amide bonds. The monoisotopic (exact) mass is 673 g/mol. The van der Waals surface area contributed by atoms with E-state index in [1.165, 1.54) is 23.5 Å². The Morgan fingerprint density at radius 1 is 0.900 bits per heavy atom. The highest BCUT2D eigenvalue weighted by molar-refractivity contribution is 14.1. The van der Waals surface area contributed by atoms with Crippen molar-refractivity contribution in [1.29, 1.82) is 0 Å². The maximum absolute atomic E-state index is 14.0. The van der Waals surface area contributed by atoms with Gasteiger partial charge in [-0.2, -0.15) is 0 Å². The van der Waals surface area contributed by atoms with Crippen molar-refractivity contribution >= 4 is 50.1 Å². The van der Waals surface area contributed by atoms with E-state index in [0.717, 1.165) is 39.1 Å². The number of nitrogens with zero attached hydrogens (tertiary/aromatic N) is 2. The summed E-state index contributed by atoms with van der Waals surface area (Å²) in [6.07, 6.45) is 5.76. The number of nitrogens with one attached hydrogen (secondary N) is 1. The van der Waals surface area contributed by atoms with Crippen LogP contribution in [0.4, 0.5) is 5.69 Å². The van der Waals surface area contributed by atoms with Gasteiger partial charge in [-0.05, 0) is 90.7 Å². The van der Waals surface area contributed by atoms with E-state index in [1.807, 2.05) is 30.3 Å². The van der Waals surface area contributed by atoms with Crippen LogP contribution in [-0.2, 0) is 26.0 Å². The number of carbonyl (C=O) groups excluding carboxylic acids is 2. The summed E-state index contributed by atoms with van der Waals surface area (Å²) in [6.45, 7) is 1.59. The summed E-state index contributed by atoms with van der Waals surface area (Å²) in [5, 5.41) is 3.13. The number of hydrogen-bond acceptors (Lipinski definition) is 4. The summed E-state index contributed by atoms with van der Waals surface area (Å²) in [4.78, 5) is 28.9. The minimum Gasteiger partial charge on any atom is -0.352 e. The van der Waals surface area contributed by atoms with E-state index in [1.54, 1.807) is 49.4 Å².